The van der Waals surface area contributed by atoms with E-state index in [0.717, 1.165) is 0 Å². The van der Waals surface area contributed by atoms with Gasteiger partial charge in [0.2, 0.25) is 5.96 Å². The minimum atomic E-state index is -0.976. The lowest BCUT2D eigenvalue weighted by Gasteiger charge is -2.08. The van der Waals surface area contributed by atoms with Crippen LogP contribution in [0.3, 0.4) is 0 Å². The summed E-state index contributed by atoms with van der Waals surface area (Å²) in [5.41, 5.74) is 3.62. The number of nitrogens with one attached hydrogen (secondary N) is 1. The number of aromatic nitrogens is 2. The molecule has 1 amide bonds. The molecule has 0 bridgehead atoms. The third-order valence-electron chi connectivity index (χ3n) is 4.81. The molecular weight excluding hydrogens is 492 g/mol. The van der Waals surface area contributed by atoms with E-state index in [1.165, 1.54) is 0 Å². The Kier molecular flexibility index (Phi) is 8.37. The number of aryl methyl sites for hydroxylation is 1. The summed E-state index contributed by atoms with van der Waals surface area (Å²) in [6.45, 7) is 0.280. The second-order valence-electron chi connectivity index (χ2n) is 7.40. The molecule has 0 aliphatic carbocycles. The number of benzene rings is 2. The minimum absolute atomic E-state index is 0.118. The van der Waals surface area contributed by atoms with E-state index in [-0.39, 0.29) is 12.6 Å². The largest absolute Gasteiger partial charge is 0.482 e. The van der Waals surface area contributed by atoms with Crippen molar-refractivity contribution < 1.29 is 24.3 Å². The van der Waals surface area contributed by atoms with Crippen molar-refractivity contribution in [3.8, 4) is 5.75 Å². The Morgan fingerprint density at radius 3 is 2.24 bits per heavy atom. The van der Waals surface area contributed by atoms with Gasteiger partial charge in [0.1, 0.15) is 0 Å². The van der Waals surface area contributed by atoms with Crippen molar-refractivity contribution in [2.24, 2.45) is 10.7 Å². The number of amides is 1. The van der Waals surface area contributed by atoms with Crippen molar-refractivity contribution in [2.75, 3.05) is 11.9 Å². The van der Waals surface area contributed by atoms with Crippen LogP contribution in [0.5, 0.6) is 5.75 Å². The zero-order valence-corrected chi connectivity index (χ0v) is 19.1. The Bertz CT molecular complexity index is 1320. The predicted octanol–water partition coefficient (Wildman–Crippen LogP) is 3.03. The number of hydrogen-bond donors (Lipinski definition) is 2. The number of anilines is 1. The maximum absolute atomic E-state index is 12.1. The van der Waals surface area contributed by atoms with E-state index in [9.17, 15) is 35.1 Å². The van der Waals surface area contributed by atoms with E-state index in [4.69, 9.17) is 10.5 Å². The molecule has 192 valence electrons. The van der Waals surface area contributed by atoms with Crippen LogP contribution in [0.2, 0.25) is 0 Å². The van der Waals surface area contributed by atoms with Gasteiger partial charge in [-0.15, -0.1) is 0 Å². The number of carbonyl (C=O) groups is 1. The number of hydrogen-bond acceptors (Lipinski definition) is 9. The number of ether oxygens (including phenoxy) is 1. The van der Waals surface area contributed by atoms with Gasteiger partial charge in [-0.1, -0.05) is 18.2 Å². The van der Waals surface area contributed by atoms with Crippen LogP contribution in [-0.4, -0.2) is 43.0 Å². The lowest BCUT2D eigenvalue weighted by atomic mass is 10.2. The third kappa shape index (κ3) is 7.04. The van der Waals surface area contributed by atoms with Crippen LogP contribution < -0.4 is 15.8 Å². The maximum atomic E-state index is 12.1. The number of nitro benzene ring substituents is 3. The summed E-state index contributed by atoms with van der Waals surface area (Å²) in [6, 6.07) is 11.2. The van der Waals surface area contributed by atoms with Gasteiger partial charge in [0.25, 0.3) is 17.3 Å². The number of unbranched alkanes of at least 4 members (excludes halogenated alkanes) is 1. The predicted molar refractivity (Wildman–Crippen MR) is 129 cm³/mol. The molecule has 0 radical (unpaired) electrons. The molecule has 0 aliphatic rings. The Morgan fingerprint density at radius 1 is 1.00 bits per heavy atom. The average molecular weight is 512 g/mol. The van der Waals surface area contributed by atoms with E-state index < -0.39 is 43.5 Å². The van der Waals surface area contributed by atoms with Crippen molar-refractivity contribution in [1.82, 2.24) is 9.78 Å². The van der Waals surface area contributed by atoms with Gasteiger partial charge in [-0.3, -0.25) is 39.8 Å². The number of nitro groups is 3. The molecular formula is C21H20N8O8. The Hall–Kier alpha value is -5.41. The van der Waals surface area contributed by atoms with E-state index in [2.05, 4.69) is 15.4 Å². The standard InChI is InChI=1S/C21H20N8O8/c22-21(24-20(30)14-6-2-1-3-7-14)23-18-8-10-26(25-18)9-4-5-11-37-19-16(28(33)34)12-15(27(31)32)13-17(19)29(35)36/h1-3,6-8,10,12-13H,4-5,9,11H2,(H3,22,23,24,25,30). The smallest absolute Gasteiger partial charge is 0.325 e. The first-order chi connectivity index (χ1) is 17.7. The van der Waals surface area contributed by atoms with Crippen LogP contribution in [0.15, 0.2) is 59.7 Å². The molecule has 3 N–H and O–H groups in total. The average Bonchev–Trinajstić information content (AvgIpc) is 3.30. The van der Waals surface area contributed by atoms with E-state index in [1.54, 1.807) is 47.3 Å². The molecule has 16 heteroatoms. The number of guanidine groups is 1. The molecule has 0 saturated heterocycles. The first-order valence-corrected chi connectivity index (χ1v) is 10.6. The van der Waals surface area contributed by atoms with Crippen molar-refractivity contribution in [3.05, 3.63) is 90.6 Å². The van der Waals surface area contributed by atoms with E-state index >= 15 is 0 Å². The van der Waals surface area contributed by atoms with Gasteiger partial charge in [-0.2, -0.15) is 10.1 Å². The molecule has 3 rings (SSSR count). The van der Waals surface area contributed by atoms with Gasteiger partial charge in [-0.05, 0) is 25.0 Å². The third-order valence-corrected chi connectivity index (χ3v) is 4.81. The monoisotopic (exact) mass is 512 g/mol. The summed E-state index contributed by atoms with van der Waals surface area (Å²) >= 11 is 0. The van der Waals surface area contributed by atoms with Crippen LogP contribution in [0, 0.1) is 30.3 Å². The summed E-state index contributed by atoms with van der Waals surface area (Å²) in [5.74, 6) is -0.959. The number of non-ortho nitro benzene ring substituents is 1. The topological polar surface area (TPSA) is 224 Å². The van der Waals surface area contributed by atoms with Crippen LogP contribution >= 0.6 is 0 Å². The molecule has 1 aromatic heterocycles. The normalized spacial score (nSPS) is 11.1. The van der Waals surface area contributed by atoms with Gasteiger partial charge >= 0.3 is 11.4 Å². The number of aliphatic imine (C=N–C) groups is 1. The lowest BCUT2D eigenvalue weighted by Crippen LogP contribution is -2.24. The Morgan fingerprint density at radius 2 is 1.65 bits per heavy atom. The molecule has 2 aromatic carbocycles. The van der Waals surface area contributed by atoms with Gasteiger partial charge in [0.15, 0.2) is 5.82 Å². The minimum Gasteiger partial charge on any atom is -0.482 e. The first kappa shape index (κ1) is 26.2. The first-order valence-electron chi connectivity index (χ1n) is 10.6. The highest BCUT2D eigenvalue weighted by Crippen LogP contribution is 2.40. The van der Waals surface area contributed by atoms with Crippen LogP contribution in [0.1, 0.15) is 23.2 Å². The van der Waals surface area contributed by atoms with Crippen LogP contribution in [-0.2, 0) is 6.54 Å². The molecule has 37 heavy (non-hydrogen) atoms. The molecule has 16 nitrogen and oxygen atoms in total. The van der Waals surface area contributed by atoms with E-state index in [0.29, 0.717) is 42.9 Å². The summed E-state index contributed by atoms with van der Waals surface area (Å²) < 4.78 is 6.84. The fraction of sp³-hybridized carbons (Fsp3) is 0.190. The van der Waals surface area contributed by atoms with Crippen LogP contribution in [0.25, 0.3) is 0 Å². The van der Waals surface area contributed by atoms with Gasteiger partial charge in [-0.25, -0.2) is 0 Å². The van der Waals surface area contributed by atoms with Crippen LogP contribution in [0.4, 0.5) is 22.9 Å². The second kappa shape index (κ2) is 11.8. The van der Waals surface area contributed by atoms with Crippen molar-refractivity contribution in [3.63, 3.8) is 0 Å². The number of nitrogens with zero attached hydrogens (tertiary/aromatic N) is 6. The SMILES string of the molecule is NC(=NC(=O)c1ccccc1)Nc1ccn(CCCCOc2c([N+](=O)[O-])cc([N+](=O)[O-])cc2[N+](=O)[O-])n1. The zero-order valence-electron chi connectivity index (χ0n) is 19.1. The number of carbonyl (C=O) groups excluding carboxylic acids is 1. The molecule has 3 aromatic rings. The zero-order chi connectivity index (χ0) is 26.9. The van der Waals surface area contributed by atoms with Crippen molar-refractivity contribution in [1.29, 1.82) is 0 Å². The summed E-state index contributed by atoms with van der Waals surface area (Å²) in [6.07, 6.45) is 2.45. The number of rotatable bonds is 11. The lowest BCUT2D eigenvalue weighted by molar-refractivity contribution is -0.404. The molecule has 1 heterocycles. The highest BCUT2D eigenvalue weighted by molar-refractivity contribution is 6.05. The van der Waals surface area contributed by atoms with Gasteiger partial charge in [0.05, 0.1) is 33.5 Å². The van der Waals surface area contributed by atoms with E-state index in [1.807, 2.05) is 0 Å². The molecule has 0 aliphatic heterocycles. The number of nitrogens with two attached hydrogens (primary N) is 1. The van der Waals surface area contributed by atoms with Gasteiger partial charge < -0.3 is 15.8 Å². The summed E-state index contributed by atoms with van der Waals surface area (Å²) in [4.78, 5) is 46.4. The van der Waals surface area contributed by atoms with Crippen molar-refractivity contribution >= 4 is 34.7 Å². The molecule has 0 unspecified atom stereocenters. The highest BCUT2D eigenvalue weighted by Gasteiger charge is 2.32. The highest BCUT2D eigenvalue weighted by atomic mass is 16.6. The fourth-order valence-electron chi connectivity index (χ4n) is 3.13. The Labute approximate surface area is 207 Å². The maximum Gasteiger partial charge on any atom is 0.325 e. The summed E-state index contributed by atoms with van der Waals surface area (Å²) in [7, 11) is 0. The molecule has 0 atom stereocenters. The quantitative estimate of drug-likeness (QED) is 0.125. The second-order valence-corrected chi connectivity index (χ2v) is 7.40. The van der Waals surface area contributed by atoms with Crippen molar-refractivity contribution in [2.45, 2.75) is 19.4 Å². The van der Waals surface area contributed by atoms with Gasteiger partial charge in [0, 0.05) is 24.4 Å². The Balaban J connectivity index is 1.54. The summed E-state index contributed by atoms with van der Waals surface area (Å²) in [5, 5.41) is 40.4. The fourth-order valence-corrected chi connectivity index (χ4v) is 3.13. The molecule has 0 saturated carbocycles. The molecule has 0 fully saturated rings. The molecule has 0 spiro atoms.